The Morgan fingerprint density at radius 2 is 1.86 bits per heavy atom. The molecule has 0 aliphatic carbocycles. The highest BCUT2D eigenvalue weighted by atomic mass is 19.2. The van der Waals surface area contributed by atoms with Crippen LogP contribution in [-0.4, -0.2) is 6.03 Å². The zero-order valence-electron chi connectivity index (χ0n) is 11.4. The monoisotopic (exact) mass is 291 g/mol. The maximum Gasteiger partial charge on any atom is 0.323 e. The van der Waals surface area contributed by atoms with Gasteiger partial charge in [-0.2, -0.15) is 0 Å². The first-order valence-corrected chi connectivity index (χ1v) is 6.35. The molecule has 4 N–H and O–H groups in total. The van der Waals surface area contributed by atoms with Crippen molar-refractivity contribution in [2.75, 3.05) is 10.6 Å². The van der Waals surface area contributed by atoms with Crippen molar-refractivity contribution in [2.45, 2.75) is 13.0 Å². The standard InChI is InChI=1S/C15H15F2N3O/c1-9(18)10-4-2-5-11(8-10)19-15(21)20-13-7-3-6-12(16)14(13)17/h2-9H,18H2,1H3,(H2,19,20,21). The predicted molar refractivity (Wildman–Crippen MR) is 78.0 cm³/mol. The van der Waals surface area contributed by atoms with Crippen molar-refractivity contribution in [1.82, 2.24) is 0 Å². The average Bonchev–Trinajstić information content (AvgIpc) is 2.44. The highest BCUT2D eigenvalue weighted by molar-refractivity contribution is 5.99. The molecule has 0 saturated heterocycles. The predicted octanol–water partition coefficient (Wildman–Crippen LogP) is 3.63. The molecule has 110 valence electrons. The summed E-state index contributed by atoms with van der Waals surface area (Å²) in [6, 6.07) is 9.69. The Morgan fingerprint density at radius 3 is 2.57 bits per heavy atom. The molecule has 0 aliphatic heterocycles. The van der Waals surface area contributed by atoms with E-state index in [2.05, 4.69) is 10.6 Å². The van der Waals surface area contributed by atoms with Crippen molar-refractivity contribution >= 4 is 17.4 Å². The van der Waals surface area contributed by atoms with Gasteiger partial charge in [-0.15, -0.1) is 0 Å². The van der Waals surface area contributed by atoms with Crippen LogP contribution in [-0.2, 0) is 0 Å². The van der Waals surface area contributed by atoms with Crippen LogP contribution < -0.4 is 16.4 Å². The summed E-state index contributed by atoms with van der Waals surface area (Å²) in [5, 5.41) is 4.79. The van der Waals surface area contributed by atoms with E-state index in [1.807, 2.05) is 13.0 Å². The van der Waals surface area contributed by atoms with Crippen LogP contribution in [0.2, 0.25) is 0 Å². The van der Waals surface area contributed by atoms with Gasteiger partial charge in [0.15, 0.2) is 11.6 Å². The summed E-state index contributed by atoms with van der Waals surface area (Å²) in [6.45, 7) is 1.82. The van der Waals surface area contributed by atoms with Gasteiger partial charge in [-0.05, 0) is 36.8 Å². The van der Waals surface area contributed by atoms with Crippen LogP contribution in [0.1, 0.15) is 18.5 Å². The molecule has 0 spiro atoms. The second kappa shape index (κ2) is 6.32. The van der Waals surface area contributed by atoms with Gasteiger partial charge < -0.3 is 16.4 Å². The van der Waals surface area contributed by atoms with Crippen LogP contribution in [0.3, 0.4) is 0 Å². The molecule has 2 rings (SSSR count). The summed E-state index contributed by atoms with van der Waals surface area (Å²) in [5.41, 5.74) is 6.89. The van der Waals surface area contributed by atoms with Gasteiger partial charge in [0.05, 0.1) is 5.69 Å². The van der Waals surface area contributed by atoms with Crippen LogP contribution in [0.4, 0.5) is 25.0 Å². The third-order valence-electron chi connectivity index (χ3n) is 2.87. The molecule has 2 aromatic rings. The Bertz CT molecular complexity index is 659. The Balaban J connectivity index is 2.08. The second-order valence-electron chi connectivity index (χ2n) is 4.59. The van der Waals surface area contributed by atoms with Crippen LogP contribution in [0.15, 0.2) is 42.5 Å². The van der Waals surface area contributed by atoms with Crippen molar-refractivity contribution in [3.8, 4) is 0 Å². The molecular formula is C15H15F2N3O. The lowest BCUT2D eigenvalue weighted by Crippen LogP contribution is -2.20. The fraction of sp³-hybridized carbons (Fsp3) is 0.133. The van der Waals surface area contributed by atoms with Crippen molar-refractivity contribution < 1.29 is 13.6 Å². The van der Waals surface area contributed by atoms with E-state index in [4.69, 9.17) is 5.73 Å². The smallest absolute Gasteiger partial charge is 0.323 e. The molecule has 1 unspecified atom stereocenters. The largest absolute Gasteiger partial charge is 0.324 e. The number of hydrogen-bond acceptors (Lipinski definition) is 2. The lowest BCUT2D eigenvalue weighted by molar-refractivity contribution is 0.262. The Hall–Kier alpha value is -2.47. The van der Waals surface area contributed by atoms with E-state index in [1.54, 1.807) is 18.2 Å². The summed E-state index contributed by atoms with van der Waals surface area (Å²) < 4.78 is 26.5. The van der Waals surface area contributed by atoms with Gasteiger partial charge in [-0.25, -0.2) is 13.6 Å². The number of urea groups is 1. The van der Waals surface area contributed by atoms with Crippen molar-refractivity contribution in [2.24, 2.45) is 5.73 Å². The second-order valence-corrected chi connectivity index (χ2v) is 4.59. The first kappa shape index (κ1) is 14.9. The van der Waals surface area contributed by atoms with E-state index in [9.17, 15) is 13.6 Å². The van der Waals surface area contributed by atoms with Gasteiger partial charge in [0.2, 0.25) is 0 Å². The lowest BCUT2D eigenvalue weighted by Gasteiger charge is -2.11. The summed E-state index contributed by atoms with van der Waals surface area (Å²) in [6.07, 6.45) is 0. The van der Waals surface area contributed by atoms with Crippen LogP contribution in [0, 0.1) is 11.6 Å². The van der Waals surface area contributed by atoms with E-state index in [1.165, 1.54) is 12.1 Å². The zero-order valence-corrected chi connectivity index (χ0v) is 11.4. The quantitative estimate of drug-likeness (QED) is 0.808. The number of rotatable bonds is 3. The number of halogens is 2. The number of nitrogens with one attached hydrogen (secondary N) is 2. The summed E-state index contributed by atoms with van der Waals surface area (Å²) >= 11 is 0. The first-order valence-electron chi connectivity index (χ1n) is 6.35. The van der Waals surface area contributed by atoms with Crippen LogP contribution >= 0.6 is 0 Å². The van der Waals surface area contributed by atoms with Crippen molar-refractivity contribution in [1.29, 1.82) is 0 Å². The molecule has 0 fully saturated rings. The van der Waals surface area contributed by atoms with Gasteiger partial charge in [-0.1, -0.05) is 18.2 Å². The molecule has 0 heterocycles. The highest BCUT2D eigenvalue weighted by Gasteiger charge is 2.11. The highest BCUT2D eigenvalue weighted by Crippen LogP contribution is 2.18. The molecule has 2 aromatic carbocycles. The Kier molecular flexibility index (Phi) is 4.49. The molecule has 0 aromatic heterocycles. The van der Waals surface area contributed by atoms with Gasteiger partial charge in [-0.3, -0.25) is 0 Å². The SMILES string of the molecule is CC(N)c1cccc(NC(=O)Nc2cccc(F)c2F)c1. The van der Waals surface area contributed by atoms with Gasteiger partial charge >= 0.3 is 6.03 Å². The maximum atomic E-state index is 13.4. The maximum absolute atomic E-state index is 13.4. The summed E-state index contributed by atoms with van der Waals surface area (Å²) in [7, 11) is 0. The van der Waals surface area contributed by atoms with Crippen molar-refractivity contribution in [3.63, 3.8) is 0 Å². The number of carbonyl (C=O) groups is 1. The molecule has 0 aliphatic rings. The lowest BCUT2D eigenvalue weighted by atomic mass is 10.1. The summed E-state index contributed by atoms with van der Waals surface area (Å²) in [4.78, 5) is 11.8. The Morgan fingerprint density at radius 1 is 1.14 bits per heavy atom. The van der Waals surface area contributed by atoms with Gasteiger partial charge in [0.25, 0.3) is 0 Å². The van der Waals surface area contributed by atoms with E-state index >= 15 is 0 Å². The van der Waals surface area contributed by atoms with E-state index in [0.717, 1.165) is 11.6 Å². The van der Waals surface area contributed by atoms with Crippen molar-refractivity contribution in [3.05, 3.63) is 59.7 Å². The molecule has 6 heteroatoms. The van der Waals surface area contributed by atoms with Gasteiger partial charge in [0.1, 0.15) is 0 Å². The van der Waals surface area contributed by atoms with E-state index in [0.29, 0.717) is 5.69 Å². The molecule has 1 atom stereocenters. The van der Waals surface area contributed by atoms with Gasteiger partial charge in [0, 0.05) is 11.7 Å². The molecule has 0 radical (unpaired) electrons. The molecule has 0 saturated carbocycles. The third-order valence-corrected chi connectivity index (χ3v) is 2.87. The minimum absolute atomic E-state index is 0.171. The van der Waals surface area contributed by atoms with E-state index in [-0.39, 0.29) is 11.7 Å². The first-order chi connectivity index (χ1) is 9.97. The molecule has 2 amide bonds. The fourth-order valence-corrected chi connectivity index (χ4v) is 1.78. The number of amides is 2. The molecule has 4 nitrogen and oxygen atoms in total. The number of benzene rings is 2. The fourth-order valence-electron chi connectivity index (χ4n) is 1.78. The average molecular weight is 291 g/mol. The zero-order chi connectivity index (χ0) is 15.4. The van der Waals surface area contributed by atoms with Crippen LogP contribution in [0.5, 0.6) is 0 Å². The normalized spacial score (nSPS) is 11.8. The number of carbonyl (C=O) groups excluding carboxylic acids is 1. The molecule has 21 heavy (non-hydrogen) atoms. The number of hydrogen-bond donors (Lipinski definition) is 3. The summed E-state index contributed by atoms with van der Waals surface area (Å²) in [5.74, 6) is -2.12. The van der Waals surface area contributed by atoms with Crippen LogP contribution in [0.25, 0.3) is 0 Å². The third kappa shape index (κ3) is 3.76. The molecule has 0 bridgehead atoms. The topological polar surface area (TPSA) is 67.1 Å². The molecular weight excluding hydrogens is 276 g/mol. The number of anilines is 2. The number of nitrogens with two attached hydrogens (primary N) is 1. The minimum Gasteiger partial charge on any atom is -0.324 e. The Labute approximate surface area is 121 Å². The minimum atomic E-state index is -1.10. The van der Waals surface area contributed by atoms with E-state index < -0.39 is 17.7 Å².